The fourth-order valence-electron chi connectivity index (χ4n) is 2.73. The van der Waals surface area contributed by atoms with Gasteiger partial charge in [-0.25, -0.2) is 4.39 Å². The lowest BCUT2D eigenvalue weighted by atomic mass is 9.95. The second kappa shape index (κ2) is 5.07. The van der Waals surface area contributed by atoms with Gasteiger partial charge in [0.05, 0.1) is 24.1 Å². The second-order valence-electron chi connectivity index (χ2n) is 5.10. The number of nitrogens with zero attached hydrogens (tertiary/aromatic N) is 2. The molecule has 0 atom stereocenters. The van der Waals surface area contributed by atoms with E-state index >= 15 is 0 Å². The van der Waals surface area contributed by atoms with Gasteiger partial charge in [-0.3, -0.25) is 10.1 Å². The van der Waals surface area contributed by atoms with E-state index in [4.69, 9.17) is 11.6 Å². The van der Waals surface area contributed by atoms with Gasteiger partial charge in [-0.2, -0.15) is 5.10 Å². The van der Waals surface area contributed by atoms with Crippen molar-refractivity contribution in [1.82, 2.24) is 10.2 Å². The van der Waals surface area contributed by atoms with Crippen molar-refractivity contribution in [2.45, 2.75) is 6.54 Å². The Balaban J connectivity index is 2.01. The number of H-pyrrole nitrogens is 1. The van der Waals surface area contributed by atoms with Crippen LogP contribution in [0.2, 0.25) is 5.02 Å². The Labute approximate surface area is 131 Å². The summed E-state index contributed by atoms with van der Waals surface area (Å²) in [5, 5.41) is 7.67. The van der Waals surface area contributed by atoms with Gasteiger partial charge in [0.2, 0.25) is 0 Å². The first kappa shape index (κ1) is 13.2. The van der Waals surface area contributed by atoms with Crippen LogP contribution in [0.25, 0.3) is 11.3 Å². The molecule has 3 nitrogen and oxygen atoms in total. The van der Waals surface area contributed by atoms with Crippen molar-refractivity contribution in [2.24, 2.45) is 4.99 Å². The topological polar surface area (TPSA) is 41.0 Å². The molecule has 0 saturated carbocycles. The smallest absolute Gasteiger partial charge is 0.132 e. The Morgan fingerprint density at radius 2 is 1.91 bits per heavy atom. The zero-order chi connectivity index (χ0) is 15.1. The molecule has 2 heterocycles. The molecule has 1 aliphatic heterocycles. The maximum atomic E-state index is 14.2. The van der Waals surface area contributed by atoms with Crippen molar-refractivity contribution < 1.29 is 4.39 Å². The Hall–Kier alpha value is -2.46. The average Bonchev–Trinajstić information content (AvgIpc) is 2.92. The van der Waals surface area contributed by atoms with Gasteiger partial charge >= 0.3 is 0 Å². The molecule has 2 aromatic carbocycles. The molecule has 0 bridgehead atoms. The predicted molar refractivity (Wildman–Crippen MR) is 84.8 cm³/mol. The standard InChI is InChI=1S/C17H11ClFN3/c18-11-5-6-12-14(7-11)17(13-3-1-2-4-15(13)19)20-8-10-9-21-22-16(10)12/h1-7,9H,8H2,(H,21,22). The summed E-state index contributed by atoms with van der Waals surface area (Å²) in [4.78, 5) is 4.61. The normalized spacial score (nSPS) is 13.1. The van der Waals surface area contributed by atoms with Crippen LogP contribution in [0.4, 0.5) is 4.39 Å². The highest BCUT2D eigenvalue weighted by molar-refractivity contribution is 6.31. The van der Waals surface area contributed by atoms with E-state index in [9.17, 15) is 4.39 Å². The number of rotatable bonds is 1. The highest BCUT2D eigenvalue weighted by Crippen LogP contribution is 2.33. The van der Waals surface area contributed by atoms with E-state index in [1.54, 1.807) is 24.4 Å². The highest BCUT2D eigenvalue weighted by Gasteiger charge is 2.22. The van der Waals surface area contributed by atoms with Gasteiger partial charge in [-0.05, 0) is 24.3 Å². The number of aliphatic imine (C=N–C) groups is 1. The maximum absolute atomic E-state index is 14.2. The molecular formula is C17H11ClFN3. The minimum absolute atomic E-state index is 0.295. The van der Waals surface area contributed by atoms with Gasteiger partial charge in [0.25, 0.3) is 0 Å². The molecule has 22 heavy (non-hydrogen) atoms. The van der Waals surface area contributed by atoms with Gasteiger partial charge < -0.3 is 0 Å². The van der Waals surface area contributed by atoms with E-state index in [1.807, 2.05) is 18.2 Å². The molecule has 0 fully saturated rings. The average molecular weight is 312 g/mol. The lowest BCUT2D eigenvalue weighted by Crippen LogP contribution is -2.07. The molecule has 0 unspecified atom stereocenters. The van der Waals surface area contributed by atoms with Crippen LogP contribution < -0.4 is 0 Å². The van der Waals surface area contributed by atoms with Crippen molar-refractivity contribution in [3.8, 4) is 11.3 Å². The van der Waals surface area contributed by atoms with Gasteiger partial charge in [-0.1, -0.05) is 29.8 Å². The molecule has 0 saturated heterocycles. The van der Waals surface area contributed by atoms with Crippen molar-refractivity contribution in [2.75, 3.05) is 0 Å². The summed E-state index contributed by atoms with van der Waals surface area (Å²) >= 11 is 6.15. The van der Waals surface area contributed by atoms with E-state index in [2.05, 4.69) is 15.2 Å². The quantitative estimate of drug-likeness (QED) is 0.718. The molecule has 1 aromatic heterocycles. The van der Waals surface area contributed by atoms with Crippen LogP contribution in [0.5, 0.6) is 0 Å². The van der Waals surface area contributed by atoms with Crippen LogP contribution in [0.3, 0.4) is 0 Å². The molecule has 0 radical (unpaired) electrons. The number of halogens is 2. The number of hydrogen-bond donors (Lipinski definition) is 1. The molecule has 108 valence electrons. The minimum Gasteiger partial charge on any atom is -0.279 e. The van der Waals surface area contributed by atoms with E-state index in [-0.39, 0.29) is 5.82 Å². The van der Waals surface area contributed by atoms with E-state index in [0.29, 0.717) is 22.8 Å². The summed E-state index contributed by atoms with van der Waals surface area (Å²) in [6.07, 6.45) is 1.75. The Morgan fingerprint density at radius 1 is 1.05 bits per heavy atom. The molecule has 0 spiro atoms. The third kappa shape index (κ3) is 2.04. The van der Waals surface area contributed by atoms with Gasteiger partial charge in [0, 0.05) is 27.3 Å². The summed E-state index contributed by atoms with van der Waals surface area (Å²) < 4.78 is 14.2. The molecule has 1 N–H and O–H groups in total. The zero-order valence-electron chi connectivity index (χ0n) is 11.5. The Kier molecular flexibility index (Phi) is 3.05. The highest BCUT2D eigenvalue weighted by atomic mass is 35.5. The first-order valence-electron chi connectivity index (χ1n) is 6.86. The third-order valence-electron chi connectivity index (χ3n) is 3.76. The molecule has 0 aliphatic carbocycles. The third-order valence-corrected chi connectivity index (χ3v) is 4.00. The number of aromatic amines is 1. The van der Waals surface area contributed by atoms with Crippen molar-refractivity contribution in [3.63, 3.8) is 0 Å². The van der Waals surface area contributed by atoms with E-state index in [1.165, 1.54) is 6.07 Å². The lowest BCUT2D eigenvalue weighted by Gasteiger charge is -2.11. The summed E-state index contributed by atoms with van der Waals surface area (Å²) in [6.45, 7) is 0.446. The number of hydrogen-bond acceptors (Lipinski definition) is 2. The van der Waals surface area contributed by atoms with Crippen molar-refractivity contribution in [1.29, 1.82) is 0 Å². The van der Waals surface area contributed by atoms with Crippen LogP contribution in [-0.2, 0) is 6.54 Å². The molecule has 0 amide bonds. The fraction of sp³-hybridized carbons (Fsp3) is 0.0588. The Bertz CT molecular complexity index is 898. The van der Waals surface area contributed by atoms with Crippen molar-refractivity contribution in [3.05, 3.63) is 76.2 Å². The summed E-state index contributed by atoms with van der Waals surface area (Å²) in [6, 6.07) is 12.2. The van der Waals surface area contributed by atoms with Crippen LogP contribution in [0.15, 0.2) is 53.7 Å². The summed E-state index contributed by atoms with van der Waals surface area (Å²) in [7, 11) is 0. The summed E-state index contributed by atoms with van der Waals surface area (Å²) in [5.74, 6) is -0.295. The first-order chi connectivity index (χ1) is 10.7. The van der Waals surface area contributed by atoms with E-state index in [0.717, 1.165) is 22.4 Å². The monoisotopic (exact) mass is 311 g/mol. The fourth-order valence-corrected chi connectivity index (χ4v) is 2.90. The van der Waals surface area contributed by atoms with Gasteiger partial charge in [-0.15, -0.1) is 0 Å². The Morgan fingerprint density at radius 3 is 2.77 bits per heavy atom. The minimum atomic E-state index is -0.295. The van der Waals surface area contributed by atoms with Crippen LogP contribution in [0, 0.1) is 5.82 Å². The number of aromatic nitrogens is 2. The maximum Gasteiger partial charge on any atom is 0.132 e. The molecule has 3 aromatic rings. The van der Waals surface area contributed by atoms with Crippen LogP contribution in [-0.4, -0.2) is 15.9 Å². The molecule has 4 rings (SSSR count). The first-order valence-corrected chi connectivity index (χ1v) is 7.24. The SMILES string of the molecule is Fc1ccccc1C1=NCc2cn[nH]c2-c2ccc(Cl)cc21. The number of fused-ring (bicyclic) bond motifs is 3. The molecule has 5 heteroatoms. The van der Waals surface area contributed by atoms with Crippen LogP contribution in [0.1, 0.15) is 16.7 Å². The van der Waals surface area contributed by atoms with Crippen molar-refractivity contribution >= 4 is 17.3 Å². The molecule has 1 aliphatic rings. The van der Waals surface area contributed by atoms with Gasteiger partial charge in [0.1, 0.15) is 5.82 Å². The number of nitrogens with one attached hydrogen (secondary N) is 1. The van der Waals surface area contributed by atoms with E-state index < -0.39 is 0 Å². The predicted octanol–water partition coefficient (Wildman–Crippen LogP) is 4.22. The second-order valence-corrected chi connectivity index (χ2v) is 5.54. The lowest BCUT2D eigenvalue weighted by molar-refractivity contribution is 0.625. The number of benzene rings is 2. The van der Waals surface area contributed by atoms with Gasteiger partial charge in [0.15, 0.2) is 0 Å². The summed E-state index contributed by atoms with van der Waals surface area (Å²) in [5.41, 5.74) is 4.71. The molecular weight excluding hydrogens is 301 g/mol. The largest absolute Gasteiger partial charge is 0.279 e. The van der Waals surface area contributed by atoms with Crippen LogP contribution >= 0.6 is 11.6 Å². The zero-order valence-corrected chi connectivity index (χ0v) is 12.2.